The Labute approximate surface area is 148 Å². The van der Waals surface area contributed by atoms with Crippen molar-refractivity contribution in [2.24, 2.45) is 0 Å². The summed E-state index contributed by atoms with van der Waals surface area (Å²) < 4.78 is 5.49. The lowest BCUT2D eigenvalue weighted by atomic mass is 9.97. The summed E-state index contributed by atoms with van der Waals surface area (Å²) in [6.07, 6.45) is 4.24. The zero-order valence-electron chi connectivity index (χ0n) is 14.9. The van der Waals surface area contributed by atoms with Crippen LogP contribution in [-0.4, -0.2) is 31.5 Å². The molecule has 4 nitrogen and oxygen atoms in total. The topological polar surface area (TPSA) is 41.6 Å². The third-order valence-corrected chi connectivity index (χ3v) is 5.36. The number of anilines is 1. The molecule has 0 radical (unpaired) electrons. The molecular weight excluding hydrogens is 312 g/mol. The summed E-state index contributed by atoms with van der Waals surface area (Å²) in [5.74, 6) is 0.585. The monoisotopic (exact) mass is 336 g/mol. The molecule has 0 atom stereocenters. The van der Waals surface area contributed by atoms with Crippen LogP contribution in [0.15, 0.2) is 30.3 Å². The van der Waals surface area contributed by atoms with Gasteiger partial charge in [-0.25, -0.2) is 0 Å². The number of hydrogen-bond donors (Lipinski definition) is 1. The first-order chi connectivity index (χ1) is 12.2. The Morgan fingerprint density at radius 1 is 1.12 bits per heavy atom. The van der Waals surface area contributed by atoms with Gasteiger partial charge in [0.15, 0.2) is 0 Å². The minimum atomic E-state index is -0.0844. The van der Waals surface area contributed by atoms with Crippen molar-refractivity contribution in [3.63, 3.8) is 0 Å². The zero-order chi connectivity index (χ0) is 17.4. The van der Waals surface area contributed by atoms with Gasteiger partial charge in [-0.2, -0.15) is 0 Å². The van der Waals surface area contributed by atoms with Crippen LogP contribution in [0.3, 0.4) is 0 Å². The maximum Gasteiger partial charge on any atom is 0.259 e. The van der Waals surface area contributed by atoms with Gasteiger partial charge in [-0.15, -0.1) is 0 Å². The molecule has 1 aliphatic carbocycles. The Kier molecular flexibility index (Phi) is 4.22. The number of nitrogens with one attached hydrogen (secondary N) is 1. The quantitative estimate of drug-likeness (QED) is 0.934. The molecule has 0 saturated heterocycles. The van der Waals surface area contributed by atoms with E-state index in [1.807, 2.05) is 24.3 Å². The molecule has 2 aliphatic rings. The number of nitrogens with zero attached hydrogens (tertiary/aromatic N) is 1. The largest absolute Gasteiger partial charge is 0.496 e. The molecule has 0 bridgehead atoms. The van der Waals surface area contributed by atoms with Crippen LogP contribution in [0.2, 0.25) is 0 Å². The molecule has 2 aromatic carbocycles. The molecule has 0 fully saturated rings. The number of aryl methyl sites for hydroxylation is 2. The van der Waals surface area contributed by atoms with E-state index in [1.54, 1.807) is 7.11 Å². The number of rotatable bonds is 3. The third-order valence-electron chi connectivity index (χ3n) is 5.36. The smallest absolute Gasteiger partial charge is 0.259 e. The molecule has 1 N–H and O–H groups in total. The maximum atomic E-state index is 12.9. The first-order valence-corrected chi connectivity index (χ1v) is 8.96. The summed E-state index contributed by atoms with van der Waals surface area (Å²) in [5.41, 5.74) is 6.71. The number of fused-ring (bicyclic) bond motifs is 2. The van der Waals surface area contributed by atoms with Crippen LogP contribution in [0.4, 0.5) is 5.69 Å². The molecule has 1 aliphatic heterocycles. The number of hydrogen-bond acceptors (Lipinski definition) is 3. The van der Waals surface area contributed by atoms with Crippen LogP contribution in [-0.2, 0) is 25.8 Å². The van der Waals surface area contributed by atoms with Crippen molar-refractivity contribution in [1.29, 1.82) is 0 Å². The van der Waals surface area contributed by atoms with Gasteiger partial charge in [-0.3, -0.25) is 4.79 Å². The summed E-state index contributed by atoms with van der Waals surface area (Å²) in [7, 11) is 3.76. The van der Waals surface area contributed by atoms with Gasteiger partial charge >= 0.3 is 0 Å². The highest BCUT2D eigenvalue weighted by Gasteiger charge is 2.21. The number of carbonyl (C=O) groups is 1. The summed E-state index contributed by atoms with van der Waals surface area (Å²) in [6, 6.07) is 10.2. The van der Waals surface area contributed by atoms with Gasteiger partial charge in [-0.05, 0) is 73.2 Å². The van der Waals surface area contributed by atoms with Gasteiger partial charge in [0.05, 0.1) is 12.7 Å². The molecule has 1 heterocycles. The Morgan fingerprint density at radius 2 is 1.92 bits per heavy atom. The summed E-state index contributed by atoms with van der Waals surface area (Å²) in [4.78, 5) is 15.2. The van der Waals surface area contributed by atoms with Gasteiger partial charge in [0.1, 0.15) is 5.75 Å². The lowest BCUT2D eigenvalue weighted by Gasteiger charge is -2.26. The summed E-state index contributed by atoms with van der Waals surface area (Å²) in [5, 5.41) is 3.13. The first-order valence-electron chi connectivity index (χ1n) is 8.96. The lowest BCUT2D eigenvalue weighted by Crippen LogP contribution is -2.27. The highest BCUT2D eigenvalue weighted by atomic mass is 16.5. The molecule has 0 spiro atoms. The average Bonchev–Trinajstić information content (AvgIpc) is 3.07. The predicted octanol–water partition coefficient (Wildman–Crippen LogP) is 3.42. The Bertz CT molecular complexity index is 829. The van der Waals surface area contributed by atoms with E-state index in [1.165, 1.54) is 22.3 Å². The molecule has 0 unspecified atom stereocenters. The molecule has 0 aromatic heterocycles. The SMILES string of the molecule is COc1cc2c(cc1C(=O)Nc1cccc3c1CCN(C)C3)CCC2. The van der Waals surface area contributed by atoms with Gasteiger partial charge in [0.25, 0.3) is 5.91 Å². The predicted molar refractivity (Wildman–Crippen MR) is 99.5 cm³/mol. The highest BCUT2D eigenvalue weighted by Crippen LogP contribution is 2.31. The van der Waals surface area contributed by atoms with Crippen LogP contribution in [0.1, 0.15) is 39.0 Å². The van der Waals surface area contributed by atoms with E-state index in [0.29, 0.717) is 11.3 Å². The lowest BCUT2D eigenvalue weighted by molar-refractivity contribution is 0.102. The number of amides is 1. The van der Waals surface area contributed by atoms with E-state index in [2.05, 4.69) is 23.3 Å². The average molecular weight is 336 g/mol. The minimum absolute atomic E-state index is 0.0844. The van der Waals surface area contributed by atoms with E-state index in [4.69, 9.17) is 4.74 Å². The van der Waals surface area contributed by atoms with Gasteiger partial charge in [0.2, 0.25) is 0 Å². The standard InChI is InChI=1S/C21H24N2O2/c1-23-10-9-17-16(13-23)7-4-8-19(17)22-21(24)18-11-14-5-3-6-15(14)12-20(18)25-2/h4,7-8,11-12H,3,5-6,9-10,13H2,1-2H3,(H,22,24). The van der Waals surface area contributed by atoms with E-state index in [0.717, 1.165) is 44.5 Å². The zero-order valence-corrected chi connectivity index (χ0v) is 14.9. The molecule has 130 valence electrons. The van der Waals surface area contributed by atoms with Crippen molar-refractivity contribution in [3.8, 4) is 5.75 Å². The van der Waals surface area contributed by atoms with Gasteiger partial charge in [-0.1, -0.05) is 12.1 Å². The number of carbonyl (C=O) groups excluding carboxylic acids is 1. The fourth-order valence-electron chi connectivity index (χ4n) is 4.01. The van der Waals surface area contributed by atoms with Crippen LogP contribution in [0.5, 0.6) is 5.75 Å². The van der Waals surface area contributed by atoms with E-state index < -0.39 is 0 Å². The first kappa shape index (κ1) is 16.2. The van der Waals surface area contributed by atoms with E-state index in [-0.39, 0.29) is 5.91 Å². The molecular formula is C21H24N2O2. The second kappa shape index (κ2) is 6.52. The van der Waals surface area contributed by atoms with Crippen molar-refractivity contribution in [3.05, 3.63) is 58.1 Å². The van der Waals surface area contributed by atoms with Crippen LogP contribution >= 0.6 is 0 Å². The Balaban J connectivity index is 1.64. The fourth-order valence-corrected chi connectivity index (χ4v) is 4.01. The molecule has 4 rings (SSSR count). The number of benzene rings is 2. The number of methoxy groups -OCH3 is 1. The van der Waals surface area contributed by atoms with Crippen molar-refractivity contribution >= 4 is 11.6 Å². The van der Waals surface area contributed by atoms with Crippen molar-refractivity contribution in [2.45, 2.75) is 32.2 Å². The van der Waals surface area contributed by atoms with Crippen molar-refractivity contribution < 1.29 is 9.53 Å². The molecule has 0 saturated carbocycles. The molecule has 1 amide bonds. The maximum absolute atomic E-state index is 12.9. The van der Waals surface area contributed by atoms with Crippen molar-refractivity contribution in [1.82, 2.24) is 4.90 Å². The molecule has 4 heteroatoms. The second-order valence-corrected chi connectivity index (χ2v) is 7.06. The Morgan fingerprint density at radius 3 is 2.72 bits per heavy atom. The molecule has 2 aromatic rings. The van der Waals surface area contributed by atoms with Gasteiger partial charge < -0.3 is 15.0 Å². The third kappa shape index (κ3) is 3.02. The summed E-state index contributed by atoms with van der Waals surface area (Å²) in [6.45, 7) is 1.95. The van der Waals surface area contributed by atoms with Crippen LogP contribution in [0, 0.1) is 0 Å². The van der Waals surface area contributed by atoms with Crippen molar-refractivity contribution in [2.75, 3.05) is 26.0 Å². The van der Waals surface area contributed by atoms with E-state index in [9.17, 15) is 4.79 Å². The fraction of sp³-hybridized carbons (Fsp3) is 0.381. The number of likely N-dealkylation sites (N-methyl/N-ethyl adjacent to an activating group) is 1. The number of ether oxygens (including phenoxy) is 1. The van der Waals surface area contributed by atoms with Crippen LogP contribution < -0.4 is 10.1 Å². The normalized spacial score (nSPS) is 16.2. The Hall–Kier alpha value is -2.33. The minimum Gasteiger partial charge on any atom is -0.496 e. The van der Waals surface area contributed by atoms with Gasteiger partial charge in [0, 0.05) is 18.8 Å². The van der Waals surface area contributed by atoms with E-state index >= 15 is 0 Å². The molecule has 25 heavy (non-hydrogen) atoms. The van der Waals surface area contributed by atoms with Crippen LogP contribution in [0.25, 0.3) is 0 Å². The highest BCUT2D eigenvalue weighted by molar-refractivity contribution is 6.07. The summed E-state index contributed by atoms with van der Waals surface area (Å²) >= 11 is 0. The second-order valence-electron chi connectivity index (χ2n) is 7.06.